The van der Waals surface area contributed by atoms with Gasteiger partial charge in [0.25, 0.3) is 0 Å². The summed E-state index contributed by atoms with van der Waals surface area (Å²) in [6.45, 7) is 2.30. The van der Waals surface area contributed by atoms with Crippen LogP contribution in [-0.2, 0) is 4.79 Å². The number of benzene rings is 1. The molecule has 2 nitrogen and oxygen atoms in total. The molecule has 0 aliphatic carbocycles. The second kappa shape index (κ2) is 6.04. The summed E-state index contributed by atoms with van der Waals surface area (Å²) in [5, 5.41) is 0. The summed E-state index contributed by atoms with van der Waals surface area (Å²) in [6.07, 6.45) is 10.6. The van der Waals surface area contributed by atoms with Crippen LogP contribution in [0.3, 0.4) is 0 Å². The van der Waals surface area contributed by atoms with Gasteiger partial charge in [-0.3, -0.25) is 4.79 Å². The smallest absolute Gasteiger partial charge is 0.142 e. The highest BCUT2D eigenvalue weighted by molar-refractivity contribution is 5.70. The van der Waals surface area contributed by atoms with Gasteiger partial charge in [-0.2, -0.15) is 0 Å². The van der Waals surface area contributed by atoms with E-state index in [0.29, 0.717) is 0 Å². The van der Waals surface area contributed by atoms with Gasteiger partial charge in [-0.15, -0.1) is 0 Å². The predicted molar refractivity (Wildman–Crippen MR) is 72.1 cm³/mol. The van der Waals surface area contributed by atoms with Gasteiger partial charge >= 0.3 is 0 Å². The van der Waals surface area contributed by atoms with Crippen LogP contribution in [0.2, 0.25) is 0 Å². The first-order valence-corrected chi connectivity index (χ1v) is 6.04. The first-order valence-electron chi connectivity index (χ1n) is 6.04. The monoisotopic (exact) mass is 227 g/mol. The maximum Gasteiger partial charge on any atom is 0.142 e. The van der Waals surface area contributed by atoms with E-state index in [1.54, 1.807) is 6.08 Å². The molecule has 17 heavy (non-hydrogen) atoms. The van der Waals surface area contributed by atoms with E-state index in [4.69, 9.17) is 0 Å². The van der Waals surface area contributed by atoms with Crippen molar-refractivity contribution in [2.75, 3.05) is 18.0 Å². The van der Waals surface area contributed by atoms with Gasteiger partial charge in [-0.25, -0.2) is 0 Å². The van der Waals surface area contributed by atoms with Crippen molar-refractivity contribution in [2.24, 2.45) is 0 Å². The molecule has 1 aliphatic rings. The average Bonchev–Trinajstić information content (AvgIpc) is 2.89. The van der Waals surface area contributed by atoms with Crippen LogP contribution in [0, 0.1) is 0 Å². The van der Waals surface area contributed by atoms with Crippen LogP contribution in [0.25, 0.3) is 6.08 Å². The van der Waals surface area contributed by atoms with Crippen molar-refractivity contribution in [3.05, 3.63) is 48.1 Å². The highest BCUT2D eigenvalue weighted by atomic mass is 16.1. The van der Waals surface area contributed by atoms with Gasteiger partial charge in [0.05, 0.1) is 0 Å². The van der Waals surface area contributed by atoms with Crippen molar-refractivity contribution >= 4 is 18.0 Å². The molecule has 2 rings (SSSR count). The van der Waals surface area contributed by atoms with E-state index >= 15 is 0 Å². The van der Waals surface area contributed by atoms with Crippen LogP contribution in [-0.4, -0.2) is 19.4 Å². The zero-order valence-corrected chi connectivity index (χ0v) is 9.88. The van der Waals surface area contributed by atoms with Gasteiger partial charge in [-0.1, -0.05) is 36.4 Å². The van der Waals surface area contributed by atoms with E-state index in [1.165, 1.54) is 30.2 Å². The normalized spacial score (nSPS) is 16.1. The molecule has 0 saturated carbocycles. The van der Waals surface area contributed by atoms with Gasteiger partial charge in [0, 0.05) is 18.8 Å². The number of hydrogen-bond donors (Lipinski definition) is 0. The zero-order chi connectivity index (χ0) is 11.9. The molecule has 0 bridgehead atoms. The minimum Gasteiger partial charge on any atom is -0.371 e. The molecule has 0 amide bonds. The lowest BCUT2D eigenvalue weighted by Crippen LogP contribution is -2.18. The van der Waals surface area contributed by atoms with Crippen LogP contribution >= 0.6 is 0 Å². The van der Waals surface area contributed by atoms with E-state index in [0.717, 1.165) is 19.4 Å². The molecule has 1 heterocycles. The van der Waals surface area contributed by atoms with Crippen molar-refractivity contribution in [2.45, 2.75) is 12.8 Å². The minimum absolute atomic E-state index is 0.788. The summed E-state index contributed by atoms with van der Waals surface area (Å²) < 4.78 is 0. The molecular weight excluding hydrogens is 210 g/mol. The Kier molecular flexibility index (Phi) is 4.14. The van der Waals surface area contributed by atoms with Gasteiger partial charge in [0.1, 0.15) is 6.29 Å². The second-order valence-corrected chi connectivity index (χ2v) is 4.13. The van der Waals surface area contributed by atoms with Gasteiger partial charge < -0.3 is 4.90 Å². The molecule has 88 valence electrons. The third-order valence-corrected chi connectivity index (χ3v) is 2.96. The molecule has 0 spiro atoms. The van der Waals surface area contributed by atoms with E-state index in [2.05, 4.69) is 23.1 Å². The van der Waals surface area contributed by atoms with Gasteiger partial charge in [0.2, 0.25) is 0 Å². The summed E-state index contributed by atoms with van der Waals surface area (Å²) in [7, 11) is 0. The lowest BCUT2D eigenvalue weighted by Gasteiger charge is -2.19. The number of para-hydroxylation sites is 1. The number of rotatable bonds is 4. The number of hydrogen-bond acceptors (Lipinski definition) is 2. The maximum absolute atomic E-state index is 10.2. The first kappa shape index (κ1) is 11.6. The molecule has 0 radical (unpaired) electrons. The standard InChI is InChI=1S/C15H17NO/c17-13-7-1-2-8-14-9-3-4-10-15(14)16-11-5-6-12-16/h1-4,7-10,13H,5-6,11-12H2/b7-1+,8-2+. The molecule has 2 heteroatoms. The Morgan fingerprint density at radius 3 is 2.53 bits per heavy atom. The van der Waals surface area contributed by atoms with Crippen LogP contribution in [0.4, 0.5) is 5.69 Å². The molecule has 0 unspecified atom stereocenters. The number of nitrogens with zero attached hydrogens (tertiary/aromatic N) is 1. The Morgan fingerprint density at radius 2 is 1.76 bits per heavy atom. The van der Waals surface area contributed by atoms with Gasteiger partial charge in [-0.05, 0) is 30.5 Å². The Bertz CT molecular complexity index is 428. The molecule has 0 aromatic heterocycles. The number of carbonyl (C=O) groups excluding carboxylic acids is 1. The highest BCUT2D eigenvalue weighted by Gasteiger charge is 2.13. The predicted octanol–water partition coefficient (Wildman–Crippen LogP) is 3.06. The molecule has 1 fully saturated rings. The number of aldehydes is 1. The number of allylic oxidation sites excluding steroid dienone is 3. The first-order chi connectivity index (χ1) is 8.42. The Labute approximate surface area is 102 Å². The molecular formula is C15H17NO. The summed E-state index contributed by atoms with van der Waals surface area (Å²) >= 11 is 0. The zero-order valence-electron chi connectivity index (χ0n) is 9.88. The topological polar surface area (TPSA) is 20.3 Å². The maximum atomic E-state index is 10.2. The molecule has 0 atom stereocenters. The van der Waals surface area contributed by atoms with Crippen molar-refractivity contribution in [1.29, 1.82) is 0 Å². The lowest BCUT2D eigenvalue weighted by atomic mass is 10.1. The van der Waals surface area contributed by atoms with Crippen molar-refractivity contribution < 1.29 is 4.79 Å². The fraction of sp³-hybridized carbons (Fsp3) is 0.267. The van der Waals surface area contributed by atoms with Crippen LogP contribution < -0.4 is 4.90 Å². The second-order valence-electron chi connectivity index (χ2n) is 4.13. The van der Waals surface area contributed by atoms with E-state index < -0.39 is 0 Å². The fourth-order valence-corrected chi connectivity index (χ4v) is 2.14. The largest absolute Gasteiger partial charge is 0.371 e. The Balaban J connectivity index is 2.17. The number of anilines is 1. The van der Waals surface area contributed by atoms with Gasteiger partial charge in [0.15, 0.2) is 0 Å². The molecule has 1 aliphatic heterocycles. The third-order valence-electron chi connectivity index (χ3n) is 2.96. The lowest BCUT2D eigenvalue weighted by molar-refractivity contribution is -0.104. The third kappa shape index (κ3) is 3.06. The average molecular weight is 227 g/mol. The summed E-state index contributed by atoms with van der Waals surface area (Å²) in [6, 6.07) is 8.39. The SMILES string of the molecule is O=C/C=C/C=C/c1ccccc1N1CCCC1. The number of carbonyl (C=O) groups is 1. The molecule has 1 saturated heterocycles. The van der Waals surface area contributed by atoms with E-state index in [1.807, 2.05) is 18.2 Å². The summed E-state index contributed by atoms with van der Waals surface area (Å²) in [4.78, 5) is 12.6. The van der Waals surface area contributed by atoms with Crippen molar-refractivity contribution in [3.63, 3.8) is 0 Å². The quantitative estimate of drug-likeness (QED) is 0.447. The van der Waals surface area contributed by atoms with E-state index in [9.17, 15) is 4.79 Å². The molecule has 0 N–H and O–H groups in total. The Morgan fingerprint density at radius 1 is 1.00 bits per heavy atom. The van der Waals surface area contributed by atoms with Crippen molar-refractivity contribution in [3.8, 4) is 0 Å². The van der Waals surface area contributed by atoms with Crippen LogP contribution in [0.1, 0.15) is 18.4 Å². The fourth-order valence-electron chi connectivity index (χ4n) is 2.14. The summed E-state index contributed by atoms with van der Waals surface area (Å²) in [5.74, 6) is 0. The van der Waals surface area contributed by atoms with Crippen LogP contribution in [0.15, 0.2) is 42.5 Å². The minimum atomic E-state index is 0.788. The highest BCUT2D eigenvalue weighted by Crippen LogP contribution is 2.25. The van der Waals surface area contributed by atoms with Crippen LogP contribution in [0.5, 0.6) is 0 Å². The van der Waals surface area contributed by atoms with Crippen molar-refractivity contribution in [1.82, 2.24) is 0 Å². The molecule has 1 aromatic carbocycles. The Hall–Kier alpha value is -1.83. The summed E-state index contributed by atoms with van der Waals surface area (Å²) in [5.41, 5.74) is 2.51. The van der Waals surface area contributed by atoms with E-state index in [-0.39, 0.29) is 0 Å². The molecule has 1 aromatic rings.